The number of hydrogen-bond donors (Lipinski definition) is 0. The summed E-state index contributed by atoms with van der Waals surface area (Å²) in [5.74, 6) is 4.13. The van der Waals surface area contributed by atoms with Gasteiger partial charge in [-0.15, -0.1) is 5.92 Å². The topological polar surface area (TPSA) is 90.0 Å². The first kappa shape index (κ1) is 26.4. The predicted octanol–water partition coefficient (Wildman–Crippen LogP) is 3.09. The molecule has 0 radical (unpaired) electrons. The highest BCUT2D eigenvalue weighted by Gasteiger charge is 2.47. The van der Waals surface area contributed by atoms with Crippen LogP contribution >= 0.6 is 0 Å². The van der Waals surface area contributed by atoms with Gasteiger partial charge in [-0.3, -0.25) is 9.59 Å². The smallest absolute Gasteiger partial charge is 0.324 e. The largest absolute Gasteiger partial charge is 0.465 e. The number of nitrogens with zero attached hydrogens (tertiary/aromatic N) is 1. The van der Waals surface area contributed by atoms with Crippen LogP contribution in [0.2, 0.25) is 0 Å². The molecule has 0 spiro atoms. The van der Waals surface area contributed by atoms with Gasteiger partial charge in [-0.05, 0) is 46.2 Å². The van der Waals surface area contributed by atoms with E-state index in [-0.39, 0.29) is 37.5 Å². The lowest BCUT2D eigenvalue weighted by molar-refractivity contribution is -0.171. The summed E-state index contributed by atoms with van der Waals surface area (Å²) >= 11 is 0. The Morgan fingerprint density at radius 3 is 2.10 bits per heavy atom. The lowest BCUT2D eigenvalue weighted by Crippen LogP contribution is -2.41. The molecular weight excluding hydrogens is 418 g/mol. The molecule has 0 N–H and O–H groups in total. The molecular formula is C23H31NO6S. The number of allylic oxidation sites excluding steroid dienone is 2. The van der Waals surface area contributed by atoms with Gasteiger partial charge in [-0.25, -0.2) is 8.42 Å². The number of sulfonamides is 1. The highest BCUT2D eigenvalue weighted by Crippen LogP contribution is 2.31. The molecule has 0 aliphatic heterocycles. The average Bonchev–Trinajstić information content (AvgIpc) is 2.73. The van der Waals surface area contributed by atoms with Crippen molar-refractivity contribution < 1.29 is 27.5 Å². The third-order valence-electron chi connectivity index (χ3n) is 4.58. The van der Waals surface area contributed by atoms with Gasteiger partial charge in [0, 0.05) is 13.5 Å². The Labute approximate surface area is 185 Å². The highest BCUT2D eigenvalue weighted by molar-refractivity contribution is 7.89. The predicted molar refractivity (Wildman–Crippen MR) is 119 cm³/mol. The Bertz CT molecular complexity index is 921. The zero-order valence-electron chi connectivity index (χ0n) is 18.8. The van der Waals surface area contributed by atoms with Crippen LogP contribution in [0.3, 0.4) is 0 Å². The fraction of sp³-hybridized carbons (Fsp3) is 0.478. The number of carbonyl (C=O) groups excluding carboxylic acids is 2. The van der Waals surface area contributed by atoms with Crippen LogP contribution in [-0.2, 0) is 29.1 Å². The second kappa shape index (κ2) is 12.3. The monoisotopic (exact) mass is 449 g/mol. The molecule has 31 heavy (non-hydrogen) atoms. The Morgan fingerprint density at radius 1 is 1.06 bits per heavy atom. The van der Waals surface area contributed by atoms with Crippen molar-refractivity contribution in [3.05, 3.63) is 42.0 Å². The van der Waals surface area contributed by atoms with E-state index in [0.29, 0.717) is 0 Å². The summed E-state index contributed by atoms with van der Waals surface area (Å²) in [5, 5.41) is 0. The van der Waals surface area contributed by atoms with Crippen molar-refractivity contribution in [3.8, 4) is 11.8 Å². The van der Waals surface area contributed by atoms with Gasteiger partial charge in [-0.1, -0.05) is 35.8 Å². The van der Waals surface area contributed by atoms with Crippen LogP contribution in [0.4, 0.5) is 0 Å². The van der Waals surface area contributed by atoms with E-state index in [4.69, 9.17) is 9.47 Å². The molecule has 0 heterocycles. The van der Waals surface area contributed by atoms with Crippen molar-refractivity contribution in [3.63, 3.8) is 0 Å². The van der Waals surface area contributed by atoms with Crippen LogP contribution in [0.25, 0.3) is 0 Å². The minimum absolute atomic E-state index is 0.0767. The van der Waals surface area contributed by atoms with Crippen LogP contribution in [0, 0.1) is 24.2 Å². The molecule has 7 nitrogen and oxygen atoms in total. The minimum atomic E-state index is -3.70. The molecule has 8 heteroatoms. The van der Waals surface area contributed by atoms with Crippen LogP contribution in [0.15, 0.2) is 41.3 Å². The molecule has 0 aliphatic rings. The van der Waals surface area contributed by atoms with Gasteiger partial charge in [-0.2, -0.15) is 4.31 Å². The van der Waals surface area contributed by atoms with E-state index < -0.39 is 27.4 Å². The van der Waals surface area contributed by atoms with Gasteiger partial charge in [0.2, 0.25) is 10.0 Å². The maximum atomic E-state index is 12.7. The number of ether oxygens (including phenoxy) is 2. The SMILES string of the molecule is C/C=C/CC(CC#CCN(C)S(=O)(=O)c1ccc(C)cc1)(C(=O)OCC)C(=O)OCC. The fourth-order valence-electron chi connectivity index (χ4n) is 2.68. The molecule has 0 atom stereocenters. The standard InChI is InChI=1S/C23H31NO6S/c1-6-9-16-23(21(25)29-7-2,22(26)30-8-3)17-10-11-18-24(5)31(27,28)20-14-12-19(4)13-15-20/h6,9,12-15H,7-8,16-18H2,1-5H3/b9-6+. The van der Waals surface area contributed by atoms with Crippen LogP contribution < -0.4 is 0 Å². The lowest BCUT2D eigenvalue weighted by Gasteiger charge is -2.26. The van der Waals surface area contributed by atoms with Gasteiger partial charge in [0.15, 0.2) is 5.41 Å². The van der Waals surface area contributed by atoms with E-state index >= 15 is 0 Å². The summed E-state index contributed by atoms with van der Waals surface area (Å²) in [7, 11) is -2.28. The molecule has 0 saturated heterocycles. The first-order chi connectivity index (χ1) is 14.7. The highest BCUT2D eigenvalue weighted by atomic mass is 32.2. The van der Waals surface area contributed by atoms with Gasteiger partial charge in [0.05, 0.1) is 24.7 Å². The molecule has 0 unspecified atom stereocenters. The van der Waals surface area contributed by atoms with Crippen LogP contribution in [-0.4, -0.2) is 51.5 Å². The van der Waals surface area contributed by atoms with Crippen molar-refractivity contribution in [1.82, 2.24) is 4.31 Å². The Morgan fingerprint density at radius 2 is 1.61 bits per heavy atom. The number of hydrogen-bond acceptors (Lipinski definition) is 6. The average molecular weight is 450 g/mol. The molecule has 0 fully saturated rings. The first-order valence-corrected chi connectivity index (χ1v) is 11.5. The summed E-state index contributed by atoms with van der Waals surface area (Å²) in [6.45, 7) is 7.08. The number of rotatable bonds is 10. The normalized spacial score (nSPS) is 11.8. The first-order valence-electron chi connectivity index (χ1n) is 10.1. The number of carbonyl (C=O) groups is 2. The maximum Gasteiger partial charge on any atom is 0.324 e. The van der Waals surface area contributed by atoms with E-state index in [2.05, 4.69) is 11.8 Å². The van der Waals surface area contributed by atoms with Gasteiger partial charge >= 0.3 is 11.9 Å². The quantitative estimate of drug-likeness (QED) is 0.236. The Balaban J connectivity index is 3.08. The summed E-state index contributed by atoms with van der Waals surface area (Å²) < 4.78 is 36.7. The molecule has 0 saturated carbocycles. The van der Waals surface area contributed by atoms with Crippen LogP contribution in [0.1, 0.15) is 39.2 Å². The van der Waals surface area contributed by atoms with E-state index in [0.717, 1.165) is 9.87 Å². The number of benzene rings is 1. The molecule has 0 aromatic heterocycles. The lowest BCUT2D eigenvalue weighted by atomic mass is 9.81. The minimum Gasteiger partial charge on any atom is -0.465 e. The van der Waals surface area contributed by atoms with E-state index in [1.54, 1.807) is 45.1 Å². The van der Waals surface area contributed by atoms with Crippen molar-refractivity contribution in [2.45, 2.75) is 45.4 Å². The molecule has 1 rings (SSSR count). The summed E-state index contributed by atoms with van der Waals surface area (Å²) in [4.78, 5) is 25.5. The zero-order chi connectivity index (χ0) is 23.5. The molecule has 0 aliphatic carbocycles. The van der Waals surface area contributed by atoms with Gasteiger partial charge in [0.1, 0.15) is 0 Å². The van der Waals surface area contributed by atoms with Crippen molar-refractivity contribution in [2.75, 3.05) is 26.8 Å². The second-order valence-electron chi connectivity index (χ2n) is 6.90. The molecule has 170 valence electrons. The van der Waals surface area contributed by atoms with Crippen LogP contribution in [0.5, 0.6) is 0 Å². The number of aryl methyl sites for hydroxylation is 1. The van der Waals surface area contributed by atoms with Crippen molar-refractivity contribution in [1.29, 1.82) is 0 Å². The molecule has 1 aromatic carbocycles. The molecule has 0 bridgehead atoms. The fourth-order valence-corrected chi connectivity index (χ4v) is 3.75. The third kappa shape index (κ3) is 6.94. The van der Waals surface area contributed by atoms with Crippen molar-refractivity contribution in [2.24, 2.45) is 5.41 Å². The van der Waals surface area contributed by atoms with Gasteiger partial charge in [0.25, 0.3) is 0 Å². The summed E-state index contributed by atoms with van der Waals surface area (Å²) in [6, 6.07) is 6.53. The molecule has 1 aromatic rings. The van der Waals surface area contributed by atoms with E-state index in [1.807, 2.05) is 6.92 Å². The summed E-state index contributed by atoms with van der Waals surface area (Å²) in [5.41, 5.74) is -0.642. The molecule has 0 amide bonds. The van der Waals surface area contributed by atoms with Gasteiger partial charge < -0.3 is 9.47 Å². The second-order valence-corrected chi connectivity index (χ2v) is 8.95. The zero-order valence-corrected chi connectivity index (χ0v) is 19.6. The summed E-state index contributed by atoms with van der Waals surface area (Å²) in [6.07, 6.45) is 3.34. The van der Waals surface area contributed by atoms with E-state index in [1.165, 1.54) is 19.2 Å². The third-order valence-corrected chi connectivity index (χ3v) is 6.40. The Kier molecular flexibility index (Phi) is 10.5. The van der Waals surface area contributed by atoms with Crippen molar-refractivity contribution >= 4 is 22.0 Å². The number of esters is 2. The maximum absolute atomic E-state index is 12.7. The Hall–Kier alpha value is -2.63. The van der Waals surface area contributed by atoms with E-state index in [9.17, 15) is 18.0 Å².